The van der Waals surface area contributed by atoms with Gasteiger partial charge in [-0.25, -0.2) is 8.42 Å². The molecule has 1 aromatic rings. The van der Waals surface area contributed by atoms with Gasteiger partial charge in [0.15, 0.2) is 0 Å². The Morgan fingerprint density at radius 2 is 1.78 bits per heavy atom. The first-order valence-corrected chi connectivity index (χ1v) is 14.7. The van der Waals surface area contributed by atoms with E-state index in [1.54, 1.807) is 38.0 Å². The number of likely N-dealkylation sites (N-methyl/N-ethyl adjacent to an activating group) is 2. The van der Waals surface area contributed by atoms with Crippen molar-refractivity contribution in [3.63, 3.8) is 0 Å². The Balaban J connectivity index is 1.47. The average molecular weight is 536 g/mol. The Labute approximate surface area is 223 Å². The van der Waals surface area contributed by atoms with E-state index in [1.165, 1.54) is 29.8 Å². The van der Waals surface area contributed by atoms with Crippen LogP contribution in [0.2, 0.25) is 0 Å². The highest BCUT2D eigenvalue weighted by molar-refractivity contribution is 7.89. The zero-order valence-electron chi connectivity index (χ0n) is 23.7. The van der Waals surface area contributed by atoms with Crippen LogP contribution in [0.15, 0.2) is 28.8 Å². The van der Waals surface area contributed by atoms with Crippen LogP contribution in [0.25, 0.3) is 0 Å². The molecule has 37 heavy (non-hydrogen) atoms. The number of rotatable bonds is 11. The molecule has 0 spiro atoms. The number of ether oxygens (including phenoxy) is 2. The lowest BCUT2D eigenvalue weighted by Gasteiger charge is -2.32. The monoisotopic (exact) mass is 535 g/mol. The van der Waals surface area contributed by atoms with E-state index in [1.807, 2.05) is 7.05 Å². The van der Waals surface area contributed by atoms with Gasteiger partial charge >= 0.3 is 0 Å². The Bertz CT molecular complexity index is 1070. The van der Waals surface area contributed by atoms with E-state index in [2.05, 4.69) is 24.9 Å². The van der Waals surface area contributed by atoms with Gasteiger partial charge in [-0.2, -0.15) is 4.31 Å². The van der Waals surface area contributed by atoms with Crippen molar-refractivity contribution in [1.29, 1.82) is 0 Å². The van der Waals surface area contributed by atoms with Gasteiger partial charge < -0.3 is 19.3 Å². The fourth-order valence-corrected chi connectivity index (χ4v) is 7.08. The summed E-state index contributed by atoms with van der Waals surface area (Å²) in [7, 11) is 1.23. The number of allylic oxidation sites excluding steroid dienone is 1. The Kier molecular flexibility index (Phi) is 9.69. The molecule has 1 aromatic carbocycles. The topological polar surface area (TPSA) is 79.4 Å². The van der Waals surface area contributed by atoms with Gasteiger partial charge in [-0.15, -0.1) is 0 Å². The van der Waals surface area contributed by atoms with Crippen molar-refractivity contribution >= 4 is 15.9 Å². The number of likely N-dealkylation sites (tertiary alicyclic amines) is 1. The molecule has 9 heteroatoms. The fraction of sp³-hybridized carbons (Fsp3) is 0.679. The maximum Gasteiger partial charge on any atom is 0.248 e. The van der Waals surface area contributed by atoms with Crippen molar-refractivity contribution in [2.24, 2.45) is 11.3 Å². The van der Waals surface area contributed by atoms with Crippen LogP contribution in [0, 0.1) is 25.2 Å². The second kappa shape index (κ2) is 12.2. The summed E-state index contributed by atoms with van der Waals surface area (Å²) in [4.78, 5) is 17.2. The zero-order valence-corrected chi connectivity index (χ0v) is 24.5. The van der Waals surface area contributed by atoms with Gasteiger partial charge in [0.25, 0.3) is 0 Å². The summed E-state index contributed by atoms with van der Waals surface area (Å²) in [6.45, 7) is 11.3. The first-order valence-electron chi connectivity index (χ1n) is 13.3. The molecular weight excluding hydrogens is 490 g/mol. The first kappa shape index (κ1) is 29.5. The molecule has 1 amide bonds. The minimum Gasteiger partial charge on any atom is -0.497 e. The molecule has 0 unspecified atom stereocenters. The summed E-state index contributed by atoms with van der Waals surface area (Å²) in [6.07, 6.45) is 7.08. The standard InChI is InChI=1S/C28H45N3O5S/c1-21-16-25(35-7)17-22(2)27(21)37(33,34)30(6)14-15-36-20-26(32)29(5)18-23-10-11-24(28(23,3)4)19-31-12-8-9-13-31/h16-17,19,23H,8-15,18,20H2,1-7H3/b24-19+/t23-/m1/s1. The van der Waals surface area contributed by atoms with E-state index in [4.69, 9.17) is 9.47 Å². The molecule has 2 aliphatic rings. The van der Waals surface area contributed by atoms with Gasteiger partial charge in [-0.05, 0) is 85.9 Å². The van der Waals surface area contributed by atoms with E-state index in [0.29, 0.717) is 29.3 Å². The Hall–Kier alpha value is -2.10. The molecule has 1 aliphatic heterocycles. The highest BCUT2D eigenvalue weighted by atomic mass is 32.2. The highest BCUT2D eigenvalue weighted by Crippen LogP contribution is 2.47. The predicted octanol–water partition coefficient (Wildman–Crippen LogP) is 3.82. The number of carbonyl (C=O) groups is 1. The number of carbonyl (C=O) groups excluding carboxylic acids is 1. The smallest absolute Gasteiger partial charge is 0.248 e. The van der Waals surface area contributed by atoms with Gasteiger partial charge in [0.2, 0.25) is 15.9 Å². The van der Waals surface area contributed by atoms with E-state index < -0.39 is 10.0 Å². The number of hydrogen-bond acceptors (Lipinski definition) is 6. The lowest BCUT2D eigenvalue weighted by atomic mass is 9.79. The third kappa shape index (κ3) is 6.86. The molecule has 0 N–H and O–H groups in total. The summed E-state index contributed by atoms with van der Waals surface area (Å²) < 4.78 is 38.4. The van der Waals surface area contributed by atoms with E-state index in [0.717, 1.165) is 25.9 Å². The number of methoxy groups -OCH3 is 1. The number of sulfonamides is 1. The summed E-state index contributed by atoms with van der Waals surface area (Å²) in [6, 6.07) is 3.44. The van der Waals surface area contributed by atoms with E-state index in [9.17, 15) is 13.2 Å². The van der Waals surface area contributed by atoms with Crippen LogP contribution in [-0.4, -0.2) is 89.0 Å². The van der Waals surface area contributed by atoms with Gasteiger partial charge in [0, 0.05) is 40.3 Å². The fourth-order valence-electron chi connectivity index (χ4n) is 5.52. The molecule has 208 valence electrons. The lowest BCUT2D eigenvalue weighted by Crippen LogP contribution is -2.38. The predicted molar refractivity (Wildman–Crippen MR) is 146 cm³/mol. The Morgan fingerprint density at radius 1 is 1.16 bits per heavy atom. The highest BCUT2D eigenvalue weighted by Gasteiger charge is 2.40. The molecule has 8 nitrogen and oxygen atoms in total. The summed E-state index contributed by atoms with van der Waals surface area (Å²) in [5.74, 6) is 0.949. The van der Waals surface area contributed by atoms with E-state index in [-0.39, 0.29) is 36.0 Å². The van der Waals surface area contributed by atoms with Crippen LogP contribution in [-0.2, 0) is 19.6 Å². The molecule has 1 aliphatic carbocycles. The van der Waals surface area contributed by atoms with Crippen molar-refractivity contribution in [2.75, 3.05) is 60.6 Å². The van der Waals surface area contributed by atoms with Crippen molar-refractivity contribution in [2.45, 2.75) is 58.3 Å². The largest absolute Gasteiger partial charge is 0.497 e. The van der Waals surface area contributed by atoms with Gasteiger partial charge in [-0.1, -0.05) is 13.8 Å². The molecule has 0 aromatic heterocycles. The summed E-state index contributed by atoms with van der Waals surface area (Å²) in [5, 5.41) is 0. The van der Waals surface area contributed by atoms with Crippen LogP contribution in [0.5, 0.6) is 5.75 Å². The molecule has 1 saturated heterocycles. The van der Waals surface area contributed by atoms with E-state index >= 15 is 0 Å². The van der Waals surface area contributed by atoms with Crippen LogP contribution in [0.1, 0.15) is 50.7 Å². The molecular formula is C28H45N3O5S. The minimum absolute atomic E-state index is 0.0609. The number of benzene rings is 1. The second-order valence-electron chi connectivity index (χ2n) is 11.1. The quantitative estimate of drug-likeness (QED) is 0.401. The van der Waals surface area contributed by atoms with Crippen molar-refractivity contribution in [3.05, 3.63) is 35.0 Å². The Morgan fingerprint density at radius 3 is 2.38 bits per heavy atom. The average Bonchev–Trinajstić information content (AvgIpc) is 3.44. The second-order valence-corrected chi connectivity index (χ2v) is 13.1. The minimum atomic E-state index is -3.69. The normalized spacial score (nSPS) is 20.7. The van der Waals surface area contributed by atoms with Gasteiger partial charge in [0.1, 0.15) is 12.4 Å². The first-order chi connectivity index (χ1) is 17.4. The van der Waals surface area contributed by atoms with Crippen LogP contribution < -0.4 is 4.74 Å². The van der Waals surface area contributed by atoms with Crippen LogP contribution in [0.3, 0.4) is 0 Å². The van der Waals surface area contributed by atoms with Gasteiger partial charge in [0.05, 0.1) is 18.6 Å². The number of nitrogens with zero attached hydrogens (tertiary/aromatic N) is 3. The number of amides is 1. The summed E-state index contributed by atoms with van der Waals surface area (Å²) in [5.41, 5.74) is 2.82. The lowest BCUT2D eigenvalue weighted by molar-refractivity contribution is -0.135. The number of aryl methyl sites for hydroxylation is 2. The third-order valence-corrected chi connectivity index (χ3v) is 10.3. The molecule has 1 atom stereocenters. The van der Waals surface area contributed by atoms with Crippen molar-refractivity contribution < 1.29 is 22.7 Å². The van der Waals surface area contributed by atoms with Crippen molar-refractivity contribution in [3.8, 4) is 5.75 Å². The maximum atomic E-state index is 13.1. The van der Waals surface area contributed by atoms with Crippen molar-refractivity contribution in [1.82, 2.24) is 14.1 Å². The molecule has 3 rings (SSSR count). The molecule has 2 fully saturated rings. The molecule has 1 saturated carbocycles. The van der Waals surface area contributed by atoms with Gasteiger partial charge in [-0.3, -0.25) is 4.79 Å². The number of hydrogen-bond donors (Lipinski definition) is 0. The SMILES string of the molecule is COc1cc(C)c(S(=O)(=O)N(C)CCOCC(=O)N(C)C[C@H]2CC/C(=C\N3CCCC3)C2(C)C)c(C)c1. The maximum absolute atomic E-state index is 13.1. The zero-order chi connectivity index (χ0) is 27.4. The van der Waals surface area contributed by atoms with Crippen LogP contribution in [0.4, 0.5) is 0 Å². The summed E-state index contributed by atoms with van der Waals surface area (Å²) >= 11 is 0. The third-order valence-electron chi connectivity index (χ3n) is 8.12. The molecule has 0 radical (unpaired) electrons. The van der Waals surface area contributed by atoms with Crippen LogP contribution >= 0.6 is 0 Å². The molecule has 0 bridgehead atoms. The molecule has 1 heterocycles.